The van der Waals surface area contributed by atoms with Gasteiger partial charge >= 0.3 is 0 Å². The van der Waals surface area contributed by atoms with Crippen molar-refractivity contribution in [3.05, 3.63) is 18.0 Å². The SMILES string of the molecule is CCC(=O)C(C)Cc1cnn(CC)c1. The summed E-state index contributed by atoms with van der Waals surface area (Å²) in [5.41, 5.74) is 1.15. The van der Waals surface area contributed by atoms with Crippen molar-refractivity contribution >= 4 is 5.78 Å². The Labute approximate surface area is 85.1 Å². The number of rotatable bonds is 5. The first-order valence-corrected chi connectivity index (χ1v) is 5.21. The average Bonchev–Trinajstić information content (AvgIpc) is 2.64. The lowest BCUT2D eigenvalue weighted by molar-refractivity contribution is -0.122. The molecule has 3 heteroatoms. The van der Waals surface area contributed by atoms with E-state index in [0.29, 0.717) is 12.2 Å². The van der Waals surface area contributed by atoms with E-state index in [2.05, 4.69) is 12.0 Å². The van der Waals surface area contributed by atoms with E-state index in [4.69, 9.17) is 0 Å². The number of carbonyl (C=O) groups excluding carboxylic acids is 1. The van der Waals surface area contributed by atoms with E-state index in [9.17, 15) is 4.79 Å². The van der Waals surface area contributed by atoms with Crippen molar-refractivity contribution in [3.63, 3.8) is 0 Å². The molecule has 0 radical (unpaired) electrons. The van der Waals surface area contributed by atoms with Gasteiger partial charge in [0.2, 0.25) is 0 Å². The number of hydrogen-bond acceptors (Lipinski definition) is 2. The minimum Gasteiger partial charge on any atom is -0.299 e. The van der Waals surface area contributed by atoms with Gasteiger partial charge in [0, 0.05) is 25.1 Å². The predicted molar refractivity (Wildman–Crippen MR) is 56.1 cm³/mol. The summed E-state index contributed by atoms with van der Waals surface area (Å²) in [6.07, 6.45) is 5.30. The molecule has 1 unspecified atom stereocenters. The van der Waals surface area contributed by atoms with E-state index in [1.54, 1.807) is 0 Å². The molecule has 0 saturated carbocycles. The Morgan fingerprint density at radius 1 is 1.57 bits per heavy atom. The van der Waals surface area contributed by atoms with Crippen LogP contribution in [0.25, 0.3) is 0 Å². The van der Waals surface area contributed by atoms with Gasteiger partial charge < -0.3 is 0 Å². The third-order valence-corrected chi connectivity index (χ3v) is 2.45. The Morgan fingerprint density at radius 2 is 2.29 bits per heavy atom. The van der Waals surface area contributed by atoms with Crippen molar-refractivity contribution in [1.29, 1.82) is 0 Å². The number of hydrogen-bond donors (Lipinski definition) is 0. The normalized spacial score (nSPS) is 12.8. The van der Waals surface area contributed by atoms with E-state index in [-0.39, 0.29) is 5.92 Å². The maximum absolute atomic E-state index is 11.4. The standard InChI is InChI=1S/C11H18N2O/c1-4-11(14)9(3)6-10-7-12-13(5-2)8-10/h7-9H,4-6H2,1-3H3. The van der Waals surface area contributed by atoms with Gasteiger partial charge in [0.05, 0.1) is 6.20 Å². The summed E-state index contributed by atoms with van der Waals surface area (Å²) < 4.78 is 1.89. The third-order valence-electron chi connectivity index (χ3n) is 2.45. The van der Waals surface area contributed by atoms with Crippen molar-refractivity contribution in [3.8, 4) is 0 Å². The molecule has 0 aliphatic heterocycles. The molecular formula is C11H18N2O. The fourth-order valence-electron chi connectivity index (χ4n) is 1.50. The third kappa shape index (κ3) is 2.69. The number of Topliss-reactive ketones (excluding diaryl/α,β-unsaturated/α-hetero) is 1. The molecule has 1 aromatic rings. The highest BCUT2D eigenvalue weighted by atomic mass is 16.1. The highest BCUT2D eigenvalue weighted by molar-refractivity contribution is 5.80. The first-order chi connectivity index (χ1) is 6.67. The average molecular weight is 194 g/mol. The first-order valence-electron chi connectivity index (χ1n) is 5.21. The smallest absolute Gasteiger partial charge is 0.135 e. The molecule has 1 atom stereocenters. The van der Waals surface area contributed by atoms with Crippen molar-refractivity contribution in [1.82, 2.24) is 9.78 Å². The summed E-state index contributed by atoms with van der Waals surface area (Å²) in [4.78, 5) is 11.4. The van der Waals surface area contributed by atoms with Crippen LogP contribution in [0.1, 0.15) is 32.8 Å². The fraction of sp³-hybridized carbons (Fsp3) is 0.636. The van der Waals surface area contributed by atoms with E-state index in [1.807, 2.05) is 30.9 Å². The molecule has 0 amide bonds. The summed E-state index contributed by atoms with van der Waals surface area (Å²) in [7, 11) is 0. The van der Waals surface area contributed by atoms with Crippen LogP contribution in [0, 0.1) is 5.92 Å². The van der Waals surface area contributed by atoms with Gasteiger partial charge in [-0.2, -0.15) is 5.10 Å². The lowest BCUT2D eigenvalue weighted by atomic mass is 9.98. The number of carbonyl (C=O) groups is 1. The van der Waals surface area contributed by atoms with E-state index in [1.165, 1.54) is 0 Å². The highest BCUT2D eigenvalue weighted by Crippen LogP contribution is 2.10. The van der Waals surface area contributed by atoms with Crippen LogP contribution in [0.3, 0.4) is 0 Å². The monoisotopic (exact) mass is 194 g/mol. The zero-order chi connectivity index (χ0) is 10.6. The van der Waals surface area contributed by atoms with Crippen LogP contribution in [-0.2, 0) is 17.8 Å². The first kappa shape index (κ1) is 11.0. The molecule has 1 heterocycles. The summed E-state index contributed by atoms with van der Waals surface area (Å²) in [6, 6.07) is 0. The van der Waals surface area contributed by atoms with Gasteiger partial charge in [-0.15, -0.1) is 0 Å². The molecule has 1 aromatic heterocycles. The minimum absolute atomic E-state index is 0.120. The molecule has 78 valence electrons. The maximum Gasteiger partial charge on any atom is 0.135 e. The summed E-state index contributed by atoms with van der Waals surface area (Å²) in [5, 5.41) is 4.18. The number of aromatic nitrogens is 2. The summed E-state index contributed by atoms with van der Waals surface area (Å²) in [5.74, 6) is 0.448. The zero-order valence-corrected chi connectivity index (χ0v) is 9.16. The molecule has 0 spiro atoms. The second kappa shape index (κ2) is 4.94. The second-order valence-electron chi connectivity index (χ2n) is 3.63. The van der Waals surface area contributed by atoms with Crippen LogP contribution in [0.4, 0.5) is 0 Å². The van der Waals surface area contributed by atoms with Gasteiger partial charge in [-0.1, -0.05) is 13.8 Å². The molecule has 0 aliphatic carbocycles. The number of nitrogens with zero attached hydrogens (tertiary/aromatic N) is 2. The van der Waals surface area contributed by atoms with Crippen molar-refractivity contribution in [2.45, 2.75) is 40.2 Å². The van der Waals surface area contributed by atoms with Crippen LogP contribution in [0.15, 0.2) is 12.4 Å². The second-order valence-corrected chi connectivity index (χ2v) is 3.63. The van der Waals surface area contributed by atoms with Gasteiger partial charge in [-0.05, 0) is 18.9 Å². The van der Waals surface area contributed by atoms with Crippen molar-refractivity contribution in [2.75, 3.05) is 0 Å². The largest absolute Gasteiger partial charge is 0.299 e. The Bertz CT molecular complexity index is 304. The molecule has 0 aromatic carbocycles. The lowest BCUT2D eigenvalue weighted by Crippen LogP contribution is -2.11. The molecule has 0 saturated heterocycles. The Hall–Kier alpha value is -1.12. The Kier molecular flexibility index (Phi) is 3.86. The van der Waals surface area contributed by atoms with Gasteiger partial charge in [0.1, 0.15) is 5.78 Å². The van der Waals surface area contributed by atoms with Gasteiger partial charge in [0.25, 0.3) is 0 Å². The topological polar surface area (TPSA) is 34.9 Å². The van der Waals surface area contributed by atoms with Crippen LogP contribution < -0.4 is 0 Å². The molecule has 1 rings (SSSR count). The van der Waals surface area contributed by atoms with Gasteiger partial charge in [0.15, 0.2) is 0 Å². The van der Waals surface area contributed by atoms with Crippen molar-refractivity contribution < 1.29 is 4.79 Å². The maximum atomic E-state index is 11.4. The van der Waals surface area contributed by atoms with E-state index < -0.39 is 0 Å². The number of aryl methyl sites for hydroxylation is 1. The van der Waals surface area contributed by atoms with Crippen LogP contribution in [0.2, 0.25) is 0 Å². The number of ketones is 1. The van der Waals surface area contributed by atoms with Crippen LogP contribution >= 0.6 is 0 Å². The molecule has 0 fully saturated rings. The zero-order valence-electron chi connectivity index (χ0n) is 9.16. The predicted octanol–water partition coefficient (Wildman–Crippen LogP) is 2.06. The van der Waals surface area contributed by atoms with Crippen LogP contribution in [-0.4, -0.2) is 15.6 Å². The molecular weight excluding hydrogens is 176 g/mol. The van der Waals surface area contributed by atoms with Crippen molar-refractivity contribution in [2.24, 2.45) is 5.92 Å². The molecule has 14 heavy (non-hydrogen) atoms. The Balaban J connectivity index is 2.55. The molecule has 3 nitrogen and oxygen atoms in total. The molecule has 0 aliphatic rings. The van der Waals surface area contributed by atoms with Crippen LogP contribution in [0.5, 0.6) is 0 Å². The van der Waals surface area contributed by atoms with Gasteiger partial charge in [-0.25, -0.2) is 0 Å². The fourth-order valence-corrected chi connectivity index (χ4v) is 1.50. The minimum atomic E-state index is 0.120. The van der Waals surface area contributed by atoms with E-state index in [0.717, 1.165) is 18.5 Å². The molecule has 0 N–H and O–H groups in total. The Morgan fingerprint density at radius 3 is 2.79 bits per heavy atom. The molecule has 0 bridgehead atoms. The highest BCUT2D eigenvalue weighted by Gasteiger charge is 2.12. The lowest BCUT2D eigenvalue weighted by Gasteiger charge is -2.06. The summed E-state index contributed by atoms with van der Waals surface area (Å²) >= 11 is 0. The quantitative estimate of drug-likeness (QED) is 0.719. The summed E-state index contributed by atoms with van der Waals surface area (Å²) in [6.45, 7) is 6.83. The van der Waals surface area contributed by atoms with E-state index >= 15 is 0 Å². The van der Waals surface area contributed by atoms with Gasteiger partial charge in [-0.3, -0.25) is 9.48 Å².